The van der Waals surface area contributed by atoms with Crippen LogP contribution in [0, 0.1) is 6.92 Å². The predicted molar refractivity (Wildman–Crippen MR) is 117 cm³/mol. The molecular formula is C17H27IN4S2. The van der Waals surface area contributed by atoms with Gasteiger partial charge in [0.05, 0.1) is 5.01 Å². The zero-order valence-corrected chi connectivity index (χ0v) is 18.7. The van der Waals surface area contributed by atoms with Crippen molar-refractivity contribution in [3.8, 4) is 0 Å². The van der Waals surface area contributed by atoms with Gasteiger partial charge in [0.25, 0.3) is 0 Å². The van der Waals surface area contributed by atoms with Crippen LogP contribution in [0.4, 0.5) is 0 Å². The van der Waals surface area contributed by atoms with Crippen LogP contribution in [0.3, 0.4) is 0 Å². The second-order valence-corrected chi connectivity index (χ2v) is 8.16. The number of thiophene rings is 1. The summed E-state index contributed by atoms with van der Waals surface area (Å²) in [6.07, 6.45) is 5.00. The maximum absolute atomic E-state index is 4.45. The highest BCUT2D eigenvalue weighted by atomic mass is 127. The summed E-state index contributed by atoms with van der Waals surface area (Å²) in [6.45, 7) is 7.35. The highest BCUT2D eigenvalue weighted by Crippen LogP contribution is 2.16. The van der Waals surface area contributed by atoms with Crippen LogP contribution in [0.15, 0.2) is 23.3 Å². The number of hydrogen-bond donors (Lipinski definition) is 2. The minimum atomic E-state index is 0. The number of nitrogens with zero attached hydrogens (tertiary/aromatic N) is 2. The summed E-state index contributed by atoms with van der Waals surface area (Å²) >= 11 is 3.66. The summed E-state index contributed by atoms with van der Waals surface area (Å²) in [5.74, 6) is 0.859. The van der Waals surface area contributed by atoms with Gasteiger partial charge in [-0.25, -0.2) is 4.98 Å². The second-order valence-electron chi connectivity index (χ2n) is 5.58. The molecular weight excluding hydrogens is 451 g/mol. The highest BCUT2D eigenvalue weighted by Gasteiger charge is 2.08. The molecule has 0 radical (unpaired) electrons. The standard InChI is InChI=1S/C17H26N4S2.HI/c1-5-14-11-20-16(23-14)8-9-19-17(18-4)21-12(2)10-15-7-6-13(3)22-15;/h6-7,11-12H,5,8-10H2,1-4H3,(H2,18,19,21);1H. The molecule has 0 aliphatic rings. The van der Waals surface area contributed by atoms with Crippen LogP contribution in [0.5, 0.6) is 0 Å². The fourth-order valence-electron chi connectivity index (χ4n) is 2.29. The molecule has 4 nitrogen and oxygen atoms in total. The maximum Gasteiger partial charge on any atom is 0.191 e. The Morgan fingerprint density at radius 1 is 1.29 bits per heavy atom. The number of nitrogens with one attached hydrogen (secondary N) is 2. The third-order valence-corrected chi connectivity index (χ3v) is 5.72. The van der Waals surface area contributed by atoms with Gasteiger partial charge in [-0.05, 0) is 32.4 Å². The first-order valence-electron chi connectivity index (χ1n) is 8.06. The molecule has 134 valence electrons. The average molecular weight is 478 g/mol. The third-order valence-electron chi connectivity index (χ3n) is 3.49. The van der Waals surface area contributed by atoms with E-state index in [4.69, 9.17) is 0 Å². The molecule has 0 aromatic carbocycles. The first-order valence-corrected chi connectivity index (χ1v) is 9.70. The highest BCUT2D eigenvalue weighted by molar-refractivity contribution is 14.0. The summed E-state index contributed by atoms with van der Waals surface area (Å²) in [7, 11) is 1.82. The molecule has 0 aliphatic heterocycles. The summed E-state index contributed by atoms with van der Waals surface area (Å²) in [4.78, 5) is 12.9. The molecule has 1 unspecified atom stereocenters. The fraction of sp³-hybridized carbons (Fsp3) is 0.529. The van der Waals surface area contributed by atoms with E-state index in [1.54, 1.807) is 11.3 Å². The maximum atomic E-state index is 4.45. The first kappa shape index (κ1) is 21.4. The van der Waals surface area contributed by atoms with Gasteiger partial charge in [0.1, 0.15) is 0 Å². The van der Waals surface area contributed by atoms with E-state index in [0.29, 0.717) is 6.04 Å². The Labute approximate surface area is 170 Å². The van der Waals surface area contributed by atoms with E-state index < -0.39 is 0 Å². The lowest BCUT2D eigenvalue weighted by Gasteiger charge is -2.17. The van der Waals surface area contributed by atoms with Crippen molar-refractivity contribution in [2.75, 3.05) is 13.6 Å². The van der Waals surface area contributed by atoms with E-state index >= 15 is 0 Å². The molecule has 0 saturated heterocycles. The quantitative estimate of drug-likeness (QED) is 0.359. The summed E-state index contributed by atoms with van der Waals surface area (Å²) < 4.78 is 0. The lowest BCUT2D eigenvalue weighted by atomic mass is 10.2. The van der Waals surface area contributed by atoms with Crippen molar-refractivity contribution < 1.29 is 0 Å². The summed E-state index contributed by atoms with van der Waals surface area (Å²) in [5, 5.41) is 8.02. The van der Waals surface area contributed by atoms with Crippen molar-refractivity contribution in [2.24, 2.45) is 4.99 Å². The Bertz CT molecular complexity index is 636. The third kappa shape index (κ3) is 7.06. The second kappa shape index (κ2) is 11.0. The molecule has 2 aromatic rings. The molecule has 1 atom stereocenters. The largest absolute Gasteiger partial charge is 0.356 e. The molecule has 2 aromatic heterocycles. The molecule has 0 bridgehead atoms. The average Bonchev–Trinajstić information content (AvgIpc) is 3.15. The van der Waals surface area contributed by atoms with Gasteiger partial charge in [-0.15, -0.1) is 46.7 Å². The number of rotatable bonds is 7. The van der Waals surface area contributed by atoms with Crippen LogP contribution in [-0.4, -0.2) is 30.6 Å². The Hall–Kier alpha value is -0.670. The van der Waals surface area contributed by atoms with E-state index in [0.717, 1.165) is 31.8 Å². The van der Waals surface area contributed by atoms with E-state index in [1.165, 1.54) is 19.6 Å². The smallest absolute Gasteiger partial charge is 0.191 e. The molecule has 2 heterocycles. The van der Waals surface area contributed by atoms with Crippen LogP contribution >= 0.6 is 46.7 Å². The Morgan fingerprint density at radius 3 is 2.67 bits per heavy atom. The zero-order valence-electron chi connectivity index (χ0n) is 14.8. The number of thiazole rings is 1. The SMILES string of the molecule is CCc1cnc(CCNC(=NC)NC(C)Cc2ccc(C)s2)s1.I. The van der Waals surface area contributed by atoms with Gasteiger partial charge in [-0.3, -0.25) is 4.99 Å². The molecule has 0 amide bonds. The van der Waals surface area contributed by atoms with Gasteiger partial charge in [0.15, 0.2) is 5.96 Å². The molecule has 0 spiro atoms. The molecule has 0 fully saturated rings. The number of aliphatic imine (C=N–C) groups is 1. The molecule has 24 heavy (non-hydrogen) atoms. The summed E-state index contributed by atoms with van der Waals surface area (Å²) in [6, 6.07) is 4.74. The van der Waals surface area contributed by atoms with Crippen molar-refractivity contribution in [1.29, 1.82) is 0 Å². The lowest BCUT2D eigenvalue weighted by Crippen LogP contribution is -2.43. The van der Waals surface area contributed by atoms with Crippen LogP contribution in [-0.2, 0) is 19.3 Å². The van der Waals surface area contributed by atoms with Crippen LogP contribution in [0.2, 0.25) is 0 Å². The van der Waals surface area contributed by atoms with E-state index in [1.807, 2.05) is 24.6 Å². The first-order chi connectivity index (χ1) is 11.1. The van der Waals surface area contributed by atoms with Crippen molar-refractivity contribution in [1.82, 2.24) is 15.6 Å². The zero-order chi connectivity index (χ0) is 16.7. The monoisotopic (exact) mass is 478 g/mol. The summed E-state index contributed by atoms with van der Waals surface area (Å²) in [5.41, 5.74) is 0. The van der Waals surface area contributed by atoms with Crippen LogP contribution in [0.25, 0.3) is 0 Å². The number of guanidine groups is 1. The van der Waals surface area contributed by atoms with E-state index in [9.17, 15) is 0 Å². The molecule has 2 N–H and O–H groups in total. The Morgan fingerprint density at radius 2 is 2.08 bits per heavy atom. The Balaban J connectivity index is 0.00000288. The minimum absolute atomic E-state index is 0. The van der Waals surface area contributed by atoms with E-state index in [2.05, 4.69) is 53.5 Å². The van der Waals surface area contributed by atoms with E-state index in [-0.39, 0.29) is 24.0 Å². The van der Waals surface area contributed by atoms with Gasteiger partial charge in [-0.2, -0.15) is 0 Å². The van der Waals surface area contributed by atoms with Crippen molar-refractivity contribution in [3.05, 3.63) is 38.0 Å². The number of hydrogen-bond acceptors (Lipinski definition) is 4. The molecule has 7 heteroatoms. The molecule has 2 rings (SSSR count). The topological polar surface area (TPSA) is 49.3 Å². The predicted octanol–water partition coefficient (Wildman–Crippen LogP) is 4.03. The van der Waals surface area contributed by atoms with Crippen LogP contribution in [0.1, 0.15) is 33.5 Å². The molecule has 0 saturated carbocycles. The Kier molecular flexibility index (Phi) is 9.84. The normalized spacial score (nSPS) is 12.6. The van der Waals surface area contributed by atoms with Gasteiger partial charge in [0.2, 0.25) is 0 Å². The van der Waals surface area contributed by atoms with Crippen molar-refractivity contribution >= 4 is 52.6 Å². The van der Waals surface area contributed by atoms with Gasteiger partial charge in [0, 0.05) is 53.3 Å². The van der Waals surface area contributed by atoms with Crippen molar-refractivity contribution in [3.63, 3.8) is 0 Å². The van der Waals surface area contributed by atoms with Crippen LogP contribution < -0.4 is 10.6 Å². The van der Waals surface area contributed by atoms with Gasteiger partial charge in [-0.1, -0.05) is 6.92 Å². The molecule has 0 aliphatic carbocycles. The van der Waals surface area contributed by atoms with Crippen molar-refractivity contribution in [2.45, 2.75) is 46.1 Å². The van der Waals surface area contributed by atoms with Gasteiger partial charge < -0.3 is 10.6 Å². The lowest BCUT2D eigenvalue weighted by molar-refractivity contribution is 0.644. The number of aromatic nitrogens is 1. The van der Waals surface area contributed by atoms with Gasteiger partial charge >= 0.3 is 0 Å². The number of aryl methyl sites for hydroxylation is 2. The number of halogens is 1. The minimum Gasteiger partial charge on any atom is -0.356 e. The fourth-order valence-corrected chi connectivity index (χ4v) is 4.17.